The lowest BCUT2D eigenvalue weighted by Gasteiger charge is -2.25. The maximum atomic E-state index is 13.8. The number of fused-ring (bicyclic) bond motifs is 1. The number of rotatable bonds is 3. The molecule has 1 atom stereocenters. The predicted molar refractivity (Wildman–Crippen MR) is 81.5 cm³/mol. The Morgan fingerprint density at radius 3 is 2.45 bits per heavy atom. The van der Waals surface area contributed by atoms with E-state index in [1.807, 2.05) is 0 Å². The fraction of sp³-hybridized carbons (Fsp3) is 0.368. The van der Waals surface area contributed by atoms with Crippen molar-refractivity contribution < 1.29 is 13.2 Å². The zero-order valence-electron chi connectivity index (χ0n) is 12.6. The molecule has 0 saturated carbocycles. The van der Waals surface area contributed by atoms with Crippen LogP contribution in [0.3, 0.4) is 0 Å². The van der Waals surface area contributed by atoms with Crippen LogP contribution in [-0.4, -0.2) is 0 Å². The van der Waals surface area contributed by atoms with Crippen LogP contribution in [0, 0.1) is 17.5 Å². The molecule has 0 fully saturated rings. The van der Waals surface area contributed by atoms with Crippen LogP contribution >= 0.6 is 0 Å². The van der Waals surface area contributed by atoms with Gasteiger partial charge in [0, 0.05) is 0 Å². The Balaban J connectivity index is 1.85. The highest BCUT2D eigenvalue weighted by atomic mass is 19.2. The van der Waals surface area contributed by atoms with Crippen LogP contribution in [0.15, 0.2) is 30.3 Å². The predicted octanol–water partition coefficient (Wildman–Crippen LogP) is 5.33. The lowest BCUT2D eigenvalue weighted by Crippen LogP contribution is -2.16. The zero-order chi connectivity index (χ0) is 15.7. The summed E-state index contributed by atoms with van der Waals surface area (Å²) in [6.07, 6.45) is 3.96. The van der Waals surface area contributed by atoms with Gasteiger partial charge in [0.05, 0.1) is 0 Å². The number of halogens is 3. The molecule has 0 spiro atoms. The molecule has 2 aromatic carbocycles. The Morgan fingerprint density at radius 1 is 1.05 bits per heavy atom. The molecule has 0 bridgehead atoms. The van der Waals surface area contributed by atoms with Crippen LogP contribution in [0.5, 0.6) is 0 Å². The Morgan fingerprint density at radius 2 is 1.77 bits per heavy atom. The van der Waals surface area contributed by atoms with Crippen LogP contribution < -0.4 is 0 Å². The van der Waals surface area contributed by atoms with Gasteiger partial charge in [-0.25, -0.2) is 13.2 Å². The van der Waals surface area contributed by atoms with Crippen LogP contribution in [0.4, 0.5) is 13.2 Å². The highest BCUT2D eigenvalue weighted by Crippen LogP contribution is 2.35. The number of aryl methyl sites for hydroxylation is 1. The van der Waals surface area contributed by atoms with Gasteiger partial charge in [0.25, 0.3) is 0 Å². The lowest BCUT2D eigenvalue weighted by molar-refractivity contribution is 0.428. The summed E-state index contributed by atoms with van der Waals surface area (Å²) in [7, 11) is 0. The van der Waals surface area contributed by atoms with E-state index in [9.17, 15) is 13.2 Å². The molecule has 22 heavy (non-hydrogen) atoms. The van der Waals surface area contributed by atoms with Crippen molar-refractivity contribution in [2.75, 3.05) is 0 Å². The fourth-order valence-electron chi connectivity index (χ4n) is 3.35. The molecule has 0 radical (unpaired) electrons. The molecule has 0 aromatic heterocycles. The molecule has 0 saturated heterocycles. The molecule has 3 rings (SSSR count). The highest BCUT2D eigenvalue weighted by molar-refractivity contribution is 5.36. The van der Waals surface area contributed by atoms with Gasteiger partial charge in [-0.2, -0.15) is 0 Å². The summed E-state index contributed by atoms with van der Waals surface area (Å²) in [5, 5.41) is 0. The van der Waals surface area contributed by atoms with Gasteiger partial charge in [-0.3, -0.25) is 0 Å². The van der Waals surface area contributed by atoms with E-state index in [-0.39, 0.29) is 5.92 Å². The van der Waals surface area contributed by atoms with Gasteiger partial charge in [0.2, 0.25) is 0 Å². The Kier molecular flexibility index (Phi) is 4.23. The third kappa shape index (κ3) is 2.77. The molecule has 116 valence electrons. The first kappa shape index (κ1) is 15.1. The molecule has 2 aromatic rings. The molecule has 0 N–H and O–H groups in total. The van der Waals surface area contributed by atoms with Crippen molar-refractivity contribution in [1.29, 1.82) is 0 Å². The van der Waals surface area contributed by atoms with Crippen molar-refractivity contribution >= 4 is 0 Å². The number of benzene rings is 2. The minimum absolute atomic E-state index is 0.243. The average Bonchev–Trinajstić information content (AvgIpc) is 2.53. The Labute approximate surface area is 129 Å². The number of hydrogen-bond donors (Lipinski definition) is 0. The average molecular weight is 304 g/mol. The van der Waals surface area contributed by atoms with Gasteiger partial charge < -0.3 is 0 Å². The molecule has 1 aliphatic carbocycles. The number of hydrogen-bond acceptors (Lipinski definition) is 0. The normalized spacial score (nSPS) is 17.4. The fourth-order valence-corrected chi connectivity index (χ4v) is 3.35. The van der Waals surface area contributed by atoms with E-state index in [1.54, 1.807) is 0 Å². The molecule has 3 heteroatoms. The summed E-state index contributed by atoms with van der Waals surface area (Å²) < 4.78 is 40.5. The first-order valence-corrected chi connectivity index (χ1v) is 7.84. The van der Waals surface area contributed by atoms with Crippen molar-refractivity contribution in [3.05, 3.63) is 70.0 Å². The van der Waals surface area contributed by atoms with Crippen LogP contribution in [0.2, 0.25) is 0 Å². The van der Waals surface area contributed by atoms with Crippen molar-refractivity contribution in [3.63, 3.8) is 0 Å². The summed E-state index contributed by atoms with van der Waals surface area (Å²) in [5.74, 6) is -3.20. The van der Waals surface area contributed by atoms with E-state index in [4.69, 9.17) is 0 Å². The van der Waals surface area contributed by atoms with Gasteiger partial charge in [-0.15, -0.1) is 0 Å². The van der Waals surface area contributed by atoms with Crippen molar-refractivity contribution in [3.8, 4) is 0 Å². The lowest BCUT2D eigenvalue weighted by atomic mass is 9.79. The second-order valence-corrected chi connectivity index (χ2v) is 6.06. The van der Waals surface area contributed by atoms with Crippen LogP contribution in [0.25, 0.3) is 0 Å². The summed E-state index contributed by atoms with van der Waals surface area (Å²) in [4.78, 5) is 0. The molecule has 0 amide bonds. The van der Waals surface area contributed by atoms with E-state index in [1.165, 1.54) is 11.1 Å². The van der Waals surface area contributed by atoms with Crippen molar-refractivity contribution in [2.45, 2.75) is 44.9 Å². The van der Waals surface area contributed by atoms with Gasteiger partial charge in [0.1, 0.15) is 0 Å². The largest absolute Gasteiger partial charge is 0.204 e. The highest BCUT2D eigenvalue weighted by Gasteiger charge is 2.26. The minimum atomic E-state index is -1.35. The van der Waals surface area contributed by atoms with E-state index < -0.39 is 17.5 Å². The Hall–Kier alpha value is -1.77. The van der Waals surface area contributed by atoms with Crippen molar-refractivity contribution in [1.82, 2.24) is 0 Å². The quantitative estimate of drug-likeness (QED) is 0.672. The van der Waals surface area contributed by atoms with Gasteiger partial charge in [0.15, 0.2) is 17.5 Å². The maximum Gasteiger partial charge on any atom is 0.194 e. The smallest absolute Gasteiger partial charge is 0.194 e. The Bertz CT molecular complexity index is 674. The first-order chi connectivity index (χ1) is 10.6. The summed E-state index contributed by atoms with van der Waals surface area (Å²) in [5.41, 5.74) is 3.44. The third-order valence-corrected chi connectivity index (χ3v) is 4.55. The molecule has 1 unspecified atom stereocenters. The second-order valence-electron chi connectivity index (χ2n) is 6.06. The van der Waals surface area contributed by atoms with Gasteiger partial charge in [-0.1, -0.05) is 37.6 Å². The SMILES string of the molecule is CCCc1ccc(C2CCc3c(cc(F)c(F)c3F)C2)cc1. The summed E-state index contributed by atoms with van der Waals surface area (Å²) >= 11 is 0. The van der Waals surface area contributed by atoms with E-state index in [0.717, 1.165) is 25.3 Å². The first-order valence-electron chi connectivity index (χ1n) is 7.84. The van der Waals surface area contributed by atoms with E-state index >= 15 is 0 Å². The van der Waals surface area contributed by atoms with Crippen LogP contribution in [-0.2, 0) is 19.3 Å². The second kappa shape index (κ2) is 6.15. The zero-order valence-corrected chi connectivity index (χ0v) is 12.6. The van der Waals surface area contributed by atoms with E-state index in [0.29, 0.717) is 24.0 Å². The van der Waals surface area contributed by atoms with E-state index in [2.05, 4.69) is 31.2 Å². The topological polar surface area (TPSA) is 0 Å². The van der Waals surface area contributed by atoms with Crippen LogP contribution in [0.1, 0.15) is 47.9 Å². The standard InChI is InChI=1S/C19H19F3/c1-2-3-12-4-6-13(7-5-12)14-8-9-16-15(10-14)11-17(20)19(22)18(16)21/h4-7,11,14H,2-3,8-10H2,1H3. The maximum absolute atomic E-state index is 13.8. The minimum Gasteiger partial charge on any atom is -0.204 e. The third-order valence-electron chi connectivity index (χ3n) is 4.55. The van der Waals surface area contributed by atoms with Gasteiger partial charge in [-0.05, 0) is 59.9 Å². The molecule has 0 aliphatic heterocycles. The summed E-state index contributed by atoms with van der Waals surface area (Å²) in [6.45, 7) is 2.15. The molecule has 1 aliphatic rings. The summed E-state index contributed by atoms with van der Waals surface area (Å²) in [6, 6.07) is 9.62. The van der Waals surface area contributed by atoms with Gasteiger partial charge >= 0.3 is 0 Å². The van der Waals surface area contributed by atoms with Crippen molar-refractivity contribution in [2.24, 2.45) is 0 Å². The molecular formula is C19H19F3. The molecule has 0 nitrogen and oxygen atoms in total. The monoisotopic (exact) mass is 304 g/mol. The molecular weight excluding hydrogens is 285 g/mol. The molecule has 0 heterocycles.